The van der Waals surface area contributed by atoms with Crippen LogP contribution < -0.4 is 4.72 Å². The van der Waals surface area contributed by atoms with E-state index in [4.69, 9.17) is 4.52 Å². The summed E-state index contributed by atoms with van der Waals surface area (Å²) < 4.78 is 142. The summed E-state index contributed by atoms with van der Waals surface area (Å²) in [5, 5.41) is 12.8. The van der Waals surface area contributed by atoms with E-state index < -0.39 is 110 Å². The number of nitrogens with zero attached hydrogens (tertiary/aromatic N) is 4. The zero-order valence-electron chi connectivity index (χ0n) is 24.5. The number of piperidine rings is 1. The van der Waals surface area contributed by atoms with Crippen LogP contribution in [0.5, 0.6) is 0 Å². The quantitative estimate of drug-likeness (QED) is 0.252. The largest absolute Gasteiger partial charge is 0.481 e. The van der Waals surface area contributed by atoms with Crippen molar-refractivity contribution in [1.29, 1.82) is 0 Å². The Morgan fingerprint density at radius 2 is 1.77 bits per heavy atom. The van der Waals surface area contributed by atoms with Crippen LogP contribution in [0.4, 0.5) is 35.1 Å². The van der Waals surface area contributed by atoms with Gasteiger partial charge in [-0.05, 0) is 26.8 Å². The van der Waals surface area contributed by atoms with E-state index in [-0.39, 0.29) is 23.1 Å². The number of halogens is 8. The Morgan fingerprint density at radius 1 is 1.15 bits per heavy atom. The first-order chi connectivity index (χ1) is 21.5. The Balaban J connectivity index is 1.85. The van der Waals surface area contributed by atoms with Gasteiger partial charge in [0, 0.05) is 37.9 Å². The minimum absolute atomic E-state index is 0.190. The number of carbonyl (C=O) groups excluding carboxylic acids is 1. The predicted molar refractivity (Wildman–Crippen MR) is 147 cm³/mol. The third kappa shape index (κ3) is 7.72. The Bertz CT molecular complexity index is 1780. The molecule has 0 aliphatic carbocycles. The zero-order chi connectivity index (χ0) is 35.3. The van der Waals surface area contributed by atoms with Gasteiger partial charge in [-0.3, -0.25) is 9.59 Å². The topological polar surface area (TPSA) is 156 Å². The molecule has 258 valence electrons. The smallest absolute Gasteiger partial charge is 0.404 e. The molecule has 3 aromatic rings. The molecular weight excluding hydrogens is 694 g/mol. The number of aromatic nitrogens is 3. The maximum absolute atomic E-state index is 15.6. The molecule has 21 heteroatoms. The number of carboxylic acid groups (broad SMARTS) is 1. The molecule has 1 aliphatic heterocycles. The van der Waals surface area contributed by atoms with Gasteiger partial charge in [0.1, 0.15) is 16.6 Å². The third-order valence-electron chi connectivity index (χ3n) is 7.16. The summed E-state index contributed by atoms with van der Waals surface area (Å²) in [4.78, 5) is 32.1. The van der Waals surface area contributed by atoms with E-state index in [1.165, 1.54) is 18.6 Å². The summed E-state index contributed by atoms with van der Waals surface area (Å²) in [6.45, 7) is 2.21. The van der Waals surface area contributed by atoms with Crippen LogP contribution in [0.2, 0.25) is 0 Å². The molecule has 0 unspecified atom stereocenters. The van der Waals surface area contributed by atoms with Crippen LogP contribution in [0.15, 0.2) is 21.6 Å². The lowest BCUT2D eigenvalue weighted by Gasteiger charge is -2.31. The molecule has 1 aliphatic rings. The molecule has 11 nitrogen and oxygen atoms in total. The molecule has 1 saturated heterocycles. The van der Waals surface area contributed by atoms with E-state index in [9.17, 15) is 53.8 Å². The summed E-state index contributed by atoms with van der Waals surface area (Å²) in [6.07, 6.45) is -10.6. The van der Waals surface area contributed by atoms with Gasteiger partial charge in [0.2, 0.25) is 21.7 Å². The van der Waals surface area contributed by atoms with Crippen molar-refractivity contribution < 1.29 is 62.8 Å². The molecular formula is C26H25F8N5O6S2. The van der Waals surface area contributed by atoms with E-state index in [0.29, 0.717) is 30.4 Å². The number of hydrogen-bond acceptors (Lipinski definition) is 9. The molecule has 0 radical (unpaired) electrons. The van der Waals surface area contributed by atoms with Crippen LogP contribution in [-0.4, -0.2) is 76.7 Å². The molecule has 2 aromatic heterocycles. The highest BCUT2D eigenvalue weighted by molar-refractivity contribution is 7.89. The van der Waals surface area contributed by atoms with Crippen molar-refractivity contribution in [2.75, 3.05) is 13.1 Å². The first-order valence-corrected chi connectivity index (χ1v) is 15.8. The number of carboxylic acids is 1. The monoisotopic (exact) mass is 719 g/mol. The van der Waals surface area contributed by atoms with Crippen molar-refractivity contribution in [2.45, 2.75) is 69.5 Å². The van der Waals surface area contributed by atoms with Crippen LogP contribution >= 0.6 is 11.3 Å². The van der Waals surface area contributed by atoms with Gasteiger partial charge >= 0.3 is 12.1 Å². The number of likely N-dealkylation sites (tertiary alicyclic amines) is 1. The number of thiazole rings is 1. The molecule has 47 heavy (non-hydrogen) atoms. The number of benzene rings is 1. The Hall–Kier alpha value is -3.72. The van der Waals surface area contributed by atoms with Gasteiger partial charge in [-0.1, -0.05) is 11.2 Å². The van der Waals surface area contributed by atoms with Gasteiger partial charge in [0.25, 0.3) is 18.3 Å². The number of nitrogens with one attached hydrogen (secondary N) is 1. The zero-order valence-corrected chi connectivity index (χ0v) is 26.1. The highest BCUT2D eigenvalue weighted by Gasteiger charge is 2.41. The van der Waals surface area contributed by atoms with Crippen molar-refractivity contribution in [3.8, 4) is 21.3 Å². The number of hydrogen-bond donors (Lipinski definition) is 2. The number of sulfonamides is 1. The molecule has 0 bridgehead atoms. The summed E-state index contributed by atoms with van der Waals surface area (Å²) in [6, 6.07) is -1.64. The number of alkyl halides is 7. The second-order valence-electron chi connectivity index (χ2n) is 11.2. The maximum Gasteiger partial charge on any atom is 0.404 e. The molecule has 1 fully saturated rings. The number of rotatable bonds is 10. The second-order valence-corrected chi connectivity index (χ2v) is 13.9. The molecule has 0 saturated carbocycles. The van der Waals surface area contributed by atoms with Crippen molar-refractivity contribution in [1.82, 2.24) is 24.7 Å². The van der Waals surface area contributed by atoms with Gasteiger partial charge in [-0.2, -0.15) is 22.9 Å². The molecule has 4 rings (SSSR count). The predicted octanol–water partition coefficient (Wildman–Crippen LogP) is 5.69. The van der Waals surface area contributed by atoms with Crippen LogP contribution in [0, 0.1) is 11.2 Å². The van der Waals surface area contributed by atoms with Crippen molar-refractivity contribution >= 4 is 33.2 Å². The second kappa shape index (κ2) is 12.7. The van der Waals surface area contributed by atoms with E-state index in [2.05, 4.69) is 15.1 Å². The molecule has 0 spiro atoms. The van der Waals surface area contributed by atoms with Crippen LogP contribution in [0.25, 0.3) is 21.3 Å². The first kappa shape index (κ1) is 36.1. The molecule has 2 N–H and O–H groups in total. The van der Waals surface area contributed by atoms with Gasteiger partial charge in [-0.15, -0.1) is 11.3 Å². The molecule has 3 heterocycles. The number of carbonyl (C=O) groups is 2. The summed E-state index contributed by atoms with van der Waals surface area (Å²) in [5.41, 5.74) is -4.38. The molecule has 1 atom stereocenters. The van der Waals surface area contributed by atoms with Crippen molar-refractivity contribution in [3.63, 3.8) is 0 Å². The average molecular weight is 720 g/mol. The van der Waals surface area contributed by atoms with Gasteiger partial charge in [0.05, 0.1) is 15.9 Å². The van der Waals surface area contributed by atoms with E-state index in [1.807, 2.05) is 0 Å². The summed E-state index contributed by atoms with van der Waals surface area (Å²) in [5.74, 6) is -7.97. The minimum Gasteiger partial charge on any atom is -0.481 e. The summed E-state index contributed by atoms with van der Waals surface area (Å²) >= 11 is 0.441. The van der Waals surface area contributed by atoms with Crippen molar-refractivity contribution in [3.05, 3.63) is 35.1 Å². The fourth-order valence-electron chi connectivity index (χ4n) is 4.35. The highest BCUT2D eigenvalue weighted by atomic mass is 32.2. The van der Waals surface area contributed by atoms with Crippen LogP contribution in [0.3, 0.4) is 0 Å². The minimum atomic E-state index is -5.35. The SMILES string of the molecule is C[C@H](NS(=O)(=O)c1ccc(-c2sc(-c3noc(CC(C)(C)C(=O)O)n3)nc2C(=O)N2CCC(F)(F)CC2)c(C(F)F)c1F)C(F)(F)F. The first-order valence-electron chi connectivity index (χ1n) is 13.5. The van der Waals surface area contributed by atoms with Crippen LogP contribution in [-0.2, 0) is 21.2 Å². The maximum atomic E-state index is 15.6. The Morgan fingerprint density at radius 3 is 2.32 bits per heavy atom. The van der Waals surface area contributed by atoms with Gasteiger partial charge in [-0.25, -0.2) is 35.4 Å². The Labute approximate surface area is 265 Å². The fourth-order valence-corrected chi connectivity index (χ4v) is 6.69. The van der Waals surface area contributed by atoms with E-state index in [1.54, 1.807) is 0 Å². The van der Waals surface area contributed by atoms with E-state index in [0.717, 1.165) is 4.90 Å². The van der Waals surface area contributed by atoms with E-state index >= 15 is 4.39 Å². The number of aliphatic carboxylic acids is 1. The number of amides is 1. The third-order valence-corrected chi connectivity index (χ3v) is 9.81. The Kier molecular flexibility index (Phi) is 9.77. The highest BCUT2D eigenvalue weighted by Crippen LogP contribution is 2.43. The standard InChI is InChI=1S/C26H25F8N5O6S2/c1-11(26(32,33)34)38-47(43,44)13-5-4-12(15(16(13)27)19(28)29)18-17(22(40)39-8-6-25(30,31)7-9-39)36-21(46-18)20-35-14(45-37-20)10-24(2,3)23(41)42/h4-5,11,19,38H,6-10H2,1-3H3,(H,41,42)/t11-/m0/s1. The average Bonchev–Trinajstić information content (AvgIpc) is 3.58. The van der Waals surface area contributed by atoms with Gasteiger partial charge < -0.3 is 14.5 Å². The normalized spacial score (nSPS) is 16.5. The van der Waals surface area contributed by atoms with Crippen LogP contribution in [0.1, 0.15) is 62.0 Å². The van der Waals surface area contributed by atoms with Gasteiger partial charge in [0.15, 0.2) is 10.8 Å². The lowest BCUT2D eigenvalue weighted by atomic mass is 9.90. The fraction of sp³-hybridized carbons (Fsp3) is 0.500. The van der Waals surface area contributed by atoms with Crippen molar-refractivity contribution in [2.24, 2.45) is 5.41 Å². The lowest BCUT2D eigenvalue weighted by Crippen LogP contribution is -2.43. The lowest BCUT2D eigenvalue weighted by molar-refractivity contribution is -0.147. The summed E-state index contributed by atoms with van der Waals surface area (Å²) in [7, 11) is -5.35. The molecule has 1 aromatic carbocycles. The molecule has 1 amide bonds.